The Labute approximate surface area is 195 Å². The van der Waals surface area contributed by atoms with Gasteiger partial charge in [0.25, 0.3) is 5.91 Å². The zero-order valence-corrected chi connectivity index (χ0v) is 19.0. The van der Waals surface area contributed by atoms with E-state index in [1.807, 2.05) is 66.9 Å². The molecule has 3 aromatic carbocycles. The number of halogens is 3. The summed E-state index contributed by atoms with van der Waals surface area (Å²) in [6.07, 6.45) is -4.46. The smallest absolute Gasteiger partial charge is 0.416 e. The number of aromatic nitrogens is 2. The van der Waals surface area contributed by atoms with Crippen LogP contribution in [0.3, 0.4) is 0 Å². The molecule has 0 fully saturated rings. The second kappa shape index (κ2) is 9.21. The number of benzene rings is 3. The number of carbonyl (C=O) groups excluding carboxylic acids is 1. The normalized spacial score (nSPS) is 11.7. The molecule has 176 valence electrons. The van der Waals surface area contributed by atoms with Gasteiger partial charge in [-0.1, -0.05) is 12.1 Å². The number of amides is 1. The highest BCUT2D eigenvalue weighted by Gasteiger charge is 2.31. The molecule has 0 unspecified atom stereocenters. The highest BCUT2D eigenvalue weighted by Crippen LogP contribution is 2.30. The second-order valence-corrected chi connectivity index (χ2v) is 8.15. The number of fused-ring (bicyclic) bond motifs is 1. The average Bonchev–Trinajstić information content (AvgIpc) is 3.19. The Morgan fingerprint density at radius 1 is 1.00 bits per heavy atom. The number of hydrogen-bond acceptors (Lipinski definition) is 3. The highest BCUT2D eigenvalue weighted by atomic mass is 19.4. The van der Waals surface area contributed by atoms with Crippen LogP contribution >= 0.6 is 0 Å². The van der Waals surface area contributed by atoms with Gasteiger partial charge in [-0.15, -0.1) is 0 Å². The fourth-order valence-electron chi connectivity index (χ4n) is 3.81. The highest BCUT2D eigenvalue weighted by molar-refractivity contribution is 5.94. The number of nitrogens with zero attached hydrogens (tertiary/aromatic N) is 3. The Morgan fingerprint density at radius 2 is 1.65 bits per heavy atom. The summed E-state index contributed by atoms with van der Waals surface area (Å²) in [4.78, 5) is 19.7. The van der Waals surface area contributed by atoms with Crippen LogP contribution in [-0.2, 0) is 12.7 Å². The van der Waals surface area contributed by atoms with Crippen molar-refractivity contribution in [3.63, 3.8) is 0 Å². The Hall–Kier alpha value is -3.81. The lowest BCUT2D eigenvalue weighted by Gasteiger charge is -2.27. The summed E-state index contributed by atoms with van der Waals surface area (Å²) < 4.78 is 46.0. The molecule has 5 nitrogen and oxygen atoms in total. The Kier molecular flexibility index (Phi) is 6.32. The SMILES string of the molecule is COc1ccc(-n2c(CN(C(=O)c3ccc(C(F)(F)F)cc3)C(C)C)nc3ccccc32)cc1. The van der Waals surface area contributed by atoms with Crippen LogP contribution in [0.15, 0.2) is 72.8 Å². The number of hydrogen-bond donors (Lipinski definition) is 0. The molecule has 0 aliphatic rings. The van der Waals surface area contributed by atoms with Crippen molar-refractivity contribution in [1.82, 2.24) is 14.5 Å². The van der Waals surface area contributed by atoms with E-state index in [4.69, 9.17) is 9.72 Å². The molecule has 0 aliphatic carbocycles. The molecule has 0 radical (unpaired) electrons. The minimum absolute atomic E-state index is 0.179. The van der Waals surface area contributed by atoms with Crippen LogP contribution in [-0.4, -0.2) is 33.5 Å². The third-order valence-corrected chi connectivity index (χ3v) is 5.62. The molecule has 0 saturated heterocycles. The molecule has 0 atom stereocenters. The maximum atomic E-state index is 13.3. The van der Waals surface area contributed by atoms with Crippen LogP contribution in [0.2, 0.25) is 0 Å². The van der Waals surface area contributed by atoms with E-state index < -0.39 is 11.7 Å². The van der Waals surface area contributed by atoms with Crippen molar-refractivity contribution in [2.75, 3.05) is 7.11 Å². The van der Waals surface area contributed by atoms with Gasteiger partial charge in [0.05, 0.1) is 30.3 Å². The summed E-state index contributed by atoms with van der Waals surface area (Å²) in [7, 11) is 1.60. The van der Waals surface area contributed by atoms with Gasteiger partial charge in [0, 0.05) is 17.3 Å². The lowest BCUT2D eigenvalue weighted by atomic mass is 10.1. The fraction of sp³-hybridized carbons (Fsp3) is 0.231. The first-order valence-corrected chi connectivity index (χ1v) is 10.8. The first kappa shape index (κ1) is 23.4. The number of ether oxygens (including phenoxy) is 1. The largest absolute Gasteiger partial charge is 0.497 e. The lowest BCUT2D eigenvalue weighted by Crippen LogP contribution is -2.37. The van der Waals surface area contributed by atoms with Gasteiger partial charge in [0.2, 0.25) is 0 Å². The van der Waals surface area contributed by atoms with E-state index in [1.54, 1.807) is 12.0 Å². The van der Waals surface area contributed by atoms with Gasteiger partial charge in [0.1, 0.15) is 11.6 Å². The van der Waals surface area contributed by atoms with Crippen molar-refractivity contribution in [2.24, 2.45) is 0 Å². The van der Waals surface area contributed by atoms with E-state index in [-0.39, 0.29) is 24.1 Å². The summed E-state index contributed by atoms with van der Waals surface area (Å²) in [6.45, 7) is 3.91. The summed E-state index contributed by atoms with van der Waals surface area (Å²) in [5.74, 6) is 0.994. The van der Waals surface area contributed by atoms with Crippen molar-refractivity contribution in [3.05, 3.63) is 89.7 Å². The minimum atomic E-state index is -4.46. The third kappa shape index (κ3) is 4.62. The molecule has 0 saturated carbocycles. The van der Waals surface area contributed by atoms with Crippen LogP contribution in [0.4, 0.5) is 13.2 Å². The maximum Gasteiger partial charge on any atom is 0.416 e. The first-order valence-electron chi connectivity index (χ1n) is 10.8. The van der Waals surface area contributed by atoms with E-state index in [1.165, 1.54) is 12.1 Å². The van der Waals surface area contributed by atoms with E-state index in [9.17, 15) is 18.0 Å². The Morgan fingerprint density at radius 3 is 2.24 bits per heavy atom. The van der Waals surface area contributed by atoms with Gasteiger partial charge in [-0.3, -0.25) is 9.36 Å². The van der Waals surface area contributed by atoms with Crippen molar-refractivity contribution in [1.29, 1.82) is 0 Å². The fourth-order valence-corrected chi connectivity index (χ4v) is 3.81. The molecule has 8 heteroatoms. The Balaban J connectivity index is 1.72. The number of alkyl halides is 3. The molecular weight excluding hydrogens is 443 g/mol. The van der Waals surface area contributed by atoms with E-state index in [0.29, 0.717) is 5.82 Å². The van der Waals surface area contributed by atoms with Crippen LogP contribution in [0.1, 0.15) is 35.6 Å². The molecular formula is C26H24F3N3O2. The standard InChI is InChI=1S/C26H24F3N3O2/c1-17(2)31(25(33)18-8-10-19(11-9-18)26(27,28)29)16-24-30-22-6-4-5-7-23(22)32(24)20-12-14-21(34-3)15-13-20/h4-15,17H,16H2,1-3H3. The summed E-state index contributed by atoms with van der Waals surface area (Å²) in [6, 6.07) is 19.3. The van der Waals surface area contributed by atoms with E-state index >= 15 is 0 Å². The molecule has 4 aromatic rings. The molecule has 0 aliphatic heterocycles. The monoisotopic (exact) mass is 467 g/mol. The van der Waals surface area contributed by atoms with Gasteiger partial charge >= 0.3 is 6.18 Å². The molecule has 34 heavy (non-hydrogen) atoms. The van der Waals surface area contributed by atoms with E-state index in [2.05, 4.69) is 0 Å². The van der Waals surface area contributed by atoms with E-state index in [0.717, 1.165) is 34.6 Å². The summed E-state index contributed by atoms with van der Waals surface area (Å²) in [5.41, 5.74) is 1.91. The predicted molar refractivity (Wildman–Crippen MR) is 124 cm³/mol. The topological polar surface area (TPSA) is 47.4 Å². The molecule has 1 aromatic heterocycles. The number of methoxy groups -OCH3 is 1. The molecule has 1 amide bonds. The average molecular weight is 467 g/mol. The molecule has 0 spiro atoms. The zero-order chi connectivity index (χ0) is 24.5. The minimum Gasteiger partial charge on any atom is -0.497 e. The zero-order valence-electron chi connectivity index (χ0n) is 19.0. The van der Waals surface area contributed by atoms with Crippen molar-refractivity contribution >= 4 is 16.9 Å². The van der Waals surface area contributed by atoms with Gasteiger partial charge in [-0.25, -0.2) is 4.98 Å². The second-order valence-electron chi connectivity index (χ2n) is 8.15. The number of para-hydroxylation sites is 2. The molecule has 0 N–H and O–H groups in total. The lowest BCUT2D eigenvalue weighted by molar-refractivity contribution is -0.137. The van der Waals surface area contributed by atoms with Gasteiger partial charge in [-0.2, -0.15) is 13.2 Å². The van der Waals surface area contributed by atoms with Crippen LogP contribution in [0.5, 0.6) is 5.75 Å². The summed E-state index contributed by atoms with van der Waals surface area (Å²) >= 11 is 0. The van der Waals surface area contributed by atoms with Crippen LogP contribution < -0.4 is 4.74 Å². The van der Waals surface area contributed by atoms with Gasteiger partial charge in [-0.05, 0) is 74.5 Å². The van der Waals surface area contributed by atoms with Gasteiger partial charge < -0.3 is 9.64 Å². The van der Waals surface area contributed by atoms with Gasteiger partial charge in [0.15, 0.2) is 0 Å². The first-order chi connectivity index (χ1) is 16.2. The third-order valence-electron chi connectivity index (χ3n) is 5.62. The predicted octanol–water partition coefficient (Wildman–Crippen LogP) is 6.10. The van der Waals surface area contributed by atoms with Crippen LogP contribution in [0.25, 0.3) is 16.7 Å². The van der Waals surface area contributed by atoms with Crippen molar-refractivity contribution < 1.29 is 22.7 Å². The van der Waals surface area contributed by atoms with Crippen molar-refractivity contribution in [2.45, 2.75) is 32.6 Å². The van der Waals surface area contributed by atoms with Crippen LogP contribution in [0, 0.1) is 0 Å². The number of carbonyl (C=O) groups is 1. The quantitative estimate of drug-likeness (QED) is 0.344. The molecule has 1 heterocycles. The van der Waals surface area contributed by atoms with Crippen molar-refractivity contribution in [3.8, 4) is 11.4 Å². The Bertz CT molecular complexity index is 1290. The molecule has 0 bridgehead atoms. The molecule has 4 rings (SSSR count). The number of imidazole rings is 1. The summed E-state index contributed by atoms with van der Waals surface area (Å²) in [5, 5.41) is 0. The number of rotatable bonds is 6. The maximum absolute atomic E-state index is 13.3.